The number of nitrogens with zero attached hydrogens (tertiary/aromatic N) is 4. The third-order valence-electron chi connectivity index (χ3n) is 8.23. The molecule has 2 aromatic heterocycles. The predicted octanol–water partition coefficient (Wildman–Crippen LogP) is 6.65. The SMILES string of the molecule is C=C(C)[C@@H]1CC[C@]2(C)S[P@](=S)(O[C@H]3C[C@H](n4cnc5c(NC(=O)c6ccccc6)ncnc54)O[C@@H]3CC)O[C@H]2C1. The van der Waals surface area contributed by atoms with Crippen molar-refractivity contribution in [2.24, 2.45) is 5.92 Å². The van der Waals surface area contributed by atoms with E-state index in [0.717, 1.165) is 25.7 Å². The number of anilines is 1. The summed E-state index contributed by atoms with van der Waals surface area (Å²) in [6.07, 6.45) is 7.00. The molecule has 0 radical (unpaired) electrons. The van der Waals surface area contributed by atoms with Crippen LogP contribution in [0.2, 0.25) is 0 Å². The lowest BCUT2D eigenvalue weighted by Crippen LogP contribution is -2.39. The summed E-state index contributed by atoms with van der Waals surface area (Å²) >= 11 is 7.82. The minimum atomic E-state index is -2.56. The van der Waals surface area contributed by atoms with Gasteiger partial charge < -0.3 is 19.1 Å². The van der Waals surface area contributed by atoms with Crippen molar-refractivity contribution in [3.05, 3.63) is 60.7 Å². The Morgan fingerprint density at radius 1 is 1.30 bits per heavy atom. The van der Waals surface area contributed by atoms with Crippen LogP contribution in [0.25, 0.3) is 11.2 Å². The highest BCUT2D eigenvalue weighted by Crippen LogP contribution is 2.76. The second-order valence-corrected chi connectivity index (χ2v) is 17.6. The van der Waals surface area contributed by atoms with E-state index in [0.29, 0.717) is 34.9 Å². The Morgan fingerprint density at radius 2 is 2.10 bits per heavy atom. The van der Waals surface area contributed by atoms with E-state index in [1.807, 2.05) is 22.8 Å². The number of imidazole rings is 1. The number of amides is 1. The van der Waals surface area contributed by atoms with E-state index >= 15 is 0 Å². The number of carbonyl (C=O) groups is 1. The summed E-state index contributed by atoms with van der Waals surface area (Å²) in [4.78, 5) is 26.0. The third kappa shape index (κ3) is 5.28. The lowest BCUT2D eigenvalue weighted by atomic mass is 9.77. The number of nitrogens with one attached hydrogen (secondary N) is 1. The number of fused-ring (bicyclic) bond motifs is 2. The van der Waals surface area contributed by atoms with E-state index in [-0.39, 0.29) is 35.2 Å². The van der Waals surface area contributed by atoms with Crippen LogP contribution < -0.4 is 5.32 Å². The molecule has 1 aliphatic carbocycles. The van der Waals surface area contributed by atoms with Gasteiger partial charge in [-0.2, -0.15) is 0 Å². The molecule has 9 nitrogen and oxygen atoms in total. The molecule has 4 heterocycles. The average molecular weight is 600 g/mol. The molecule has 3 aromatic rings. The molecule has 3 fully saturated rings. The fraction of sp³-hybridized carbons (Fsp3) is 0.500. The van der Waals surface area contributed by atoms with Gasteiger partial charge in [0.1, 0.15) is 12.6 Å². The molecule has 12 heteroatoms. The van der Waals surface area contributed by atoms with E-state index in [9.17, 15) is 4.79 Å². The molecule has 2 saturated heterocycles. The molecule has 40 heavy (non-hydrogen) atoms. The molecule has 1 amide bonds. The van der Waals surface area contributed by atoms with Crippen LogP contribution in [0.1, 0.15) is 69.5 Å². The van der Waals surface area contributed by atoms with Crippen LogP contribution in [0, 0.1) is 5.92 Å². The van der Waals surface area contributed by atoms with Gasteiger partial charge in [-0.25, -0.2) is 15.0 Å². The fourth-order valence-corrected chi connectivity index (χ4v) is 13.5. The van der Waals surface area contributed by atoms with Crippen molar-refractivity contribution in [3.8, 4) is 0 Å². The predicted molar refractivity (Wildman–Crippen MR) is 161 cm³/mol. The highest BCUT2D eigenvalue weighted by Gasteiger charge is 2.54. The van der Waals surface area contributed by atoms with Crippen LogP contribution in [0.15, 0.2) is 55.1 Å². The Labute approximate surface area is 243 Å². The topological polar surface area (TPSA) is 100 Å². The van der Waals surface area contributed by atoms with Gasteiger partial charge >= 0.3 is 0 Å². The normalized spacial score (nSPS) is 33.6. The van der Waals surface area contributed by atoms with Gasteiger partial charge in [0, 0.05) is 16.7 Å². The molecular formula is C28H34N5O4PS2. The minimum absolute atomic E-state index is 0.0277. The summed E-state index contributed by atoms with van der Waals surface area (Å²) in [7, 11) is 0. The Balaban J connectivity index is 1.18. The first kappa shape index (κ1) is 28.0. The molecule has 2 aliphatic heterocycles. The number of aromatic nitrogens is 4. The summed E-state index contributed by atoms with van der Waals surface area (Å²) < 4.78 is 21.6. The number of benzene rings is 1. The number of hydrogen-bond donors (Lipinski definition) is 1. The number of hydrogen-bond acceptors (Lipinski definition) is 9. The van der Waals surface area contributed by atoms with E-state index in [4.69, 9.17) is 25.6 Å². The second-order valence-electron chi connectivity index (χ2n) is 11.0. The molecule has 0 unspecified atom stereocenters. The second kappa shape index (κ2) is 10.9. The van der Waals surface area contributed by atoms with Gasteiger partial charge in [-0.05, 0) is 69.4 Å². The molecule has 1 saturated carbocycles. The third-order valence-corrected chi connectivity index (χ3v) is 14.0. The summed E-state index contributed by atoms with van der Waals surface area (Å²) in [6.45, 7) is 10.6. The van der Waals surface area contributed by atoms with Gasteiger partial charge in [0.15, 0.2) is 17.0 Å². The summed E-state index contributed by atoms with van der Waals surface area (Å²) in [5.74, 6) is 0.566. The van der Waals surface area contributed by atoms with Crippen molar-refractivity contribution in [2.45, 2.75) is 82.2 Å². The van der Waals surface area contributed by atoms with Crippen molar-refractivity contribution in [2.75, 3.05) is 5.32 Å². The van der Waals surface area contributed by atoms with Gasteiger partial charge in [-0.3, -0.25) is 9.36 Å². The quantitative estimate of drug-likeness (QED) is 0.236. The summed E-state index contributed by atoms with van der Waals surface area (Å²) in [5, 5.41) is 2.86. The zero-order valence-corrected chi connectivity index (χ0v) is 25.4. The minimum Gasteiger partial charge on any atom is -0.352 e. The van der Waals surface area contributed by atoms with Crippen molar-refractivity contribution in [1.29, 1.82) is 0 Å². The highest BCUT2D eigenvalue weighted by atomic mass is 32.9. The fourth-order valence-electron chi connectivity index (χ4n) is 5.87. The largest absolute Gasteiger partial charge is 0.352 e. The molecule has 6 rings (SSSR count). The van der Waals surface area contributed by atoms with Crippen LogP contribution in [-0.4, -0.2) is 48.5 Å². The number of rotatable bonds is 7. The van der Waals surface area contributed by atoms with Crippen molar-refractivity contribution < 1.29 is 18.6 Å². The molecule has 1 aromatic carbocycles. The first-order chi connectivity index (χ1) is 19.2. The molecule has 1 N–H and O–H groups in total. The van der Waals surface area contributed by atoms with E-state index in [1.165, 1.54) is 11.9 Å². The maximum absolute atomic E-state index is 12.7. The Hall–Kier alpha value is -2.14. The smallest absolute Gasteiger partial charge is 0.256 e. The Kier molecular flexibility index (Phi) is 7.65. The molecule has 7 atom stereocenters. The van der Waals surface area contributed by atoms with Gasteiger partial charge in [0.25, 0.3) is 5.91 Å². The lowest BCUT2D eigenvalue weighted by molar-refractivity contribution is -0.0151. The number of ether oxygens (including phenoxy) is 1. The summed E-state index contributed by atoms with van der Waals surface area (Å²) in [6, 6.07) is 8.99. The summed E-state index contributed by atoms with van der Waals surface area (Å²) in [5.41, 5.74) is 0.275. The van der Waals surface area contributed by atoms with Crippen LogP contribution in [-0.2, 0) is 25.6 Å². The zero-order valence-electron chi connectivity index (χ0n) is 22.9. The van der Waals surface area contributed by atoms with Gasteiger partial charge in [-0.1, -0.05) is 48.7 Å². The van der Waals surface area contributed by atoms with Gasteiger partial charge in [0.2, 0.25) is 5.69 Å². The first-order valence-electron chi connectivity index (χ1n) is 13.7. The maximum atomic E-state index is 12.7. The van der Waals surface area contributed by atoms with Crippen molar-refractivity contribution in [1.82, 2.24) is 19.5 Å². The van der Waals surface area contributed by atoms with Crippen molar-refractivity contribution in [3.63, 3.8) is 0 Å². The number of carbonyl (C=O) groups excluding carboxylic acids is 1. The van der Waals surface area contributed by atoms with Crippen molar-refractivity contribution >= 4 is 51.8 Å². The molecule has 212 valence electrons. The number of allylic oxidation sites excluding steroid dienone is 1. The molecule has 0 bridgehead atoms. The monoisotopic (exact) mass is 599 g/mol. The average Bonchev–Trinajstić information content (AvgIpc) is 3.61. The van der Waals surface area contributed by atoms with Gasteiger partial charge in [0.05, 0.1) is 24.6 Å². The first-order valence-corrected chi connectivity index (χ1v) is 17.8. The Bertz CT molecular complexity index is 1490. The van der Waals surface area contributed by atoms with Crippen LogP contribution in [0.4, 0.5) is 5.82 Å². The van der Waals surface area contributed by atoms with Crippen LogP contribution in [0.3, 0.4) is 0 Å². The zero-order chi connectivity index (χ0) is 28.1. The molecule has 0 spiro atoms. The highest BCUT2D eigenvalue weighted by molar-refractivity contribution is 8.68. The Morgan fingerprint density at radius 3 is 2.85 bits per heavy atom. The molecule has 3 aliphatic rings. The van der Waals surface area contributed by atoms with E-state index in [1.54, 1.807) is 29.8 Å². The van der Waals surface area contributed by atoms with Gasteiger partial charge in [-0.15, -0.1) is 0 Å². The van der Waals surface area contributed by atoms with Crippen LogP contribution in [0.5, 0.6) is 0 Å². The lowest BCUT2D eigenvalue weighted by Gasteiger charge is -2.37. The standard InChI is InChI=1S/C28H34N5O4PS2/c1-5-20-21(36-38(39)37-22-13-19(17(2)3)11-12-28(22,4)40-38)14-23(35-20)33-16-31-24-25(29-15-30-26(24)33)32-27(34)18-9-7-6-8-10-18/h6-10,15-16,19-23H,2,5,11-14H2,1,3-4H3,(H,29,30,32,34)/t19-,20-,21+,22+,23-,28+,38-/m1/s1. The van der Waals surface area contributed by atoms with E-state index < -0.39 is 5.69 Å². The maximum Gasteiger partial charge on any atom is 0.256 e. The molecular weight excluding hydrogens is 565 g/mol. The van der Waals surface area contributed by atoms with E-state index in [2.05, 4.69) is 47.6 Å². The van der Waals surface area contributed by atoms with Crippen LogP contribution >= 0.6 is 17.1 Å².